The molecule has 0 aromatic rings. The standard InChI is InChI=1S/C11H18O2/c1-7(2)11(13)5-8-3-10(12)4-9(8)6-11/h7-9,13H,3-6H2,1-2H3/t8-,9+,11-. The summed E-state index contributed by atoms with van der Waals surface area (Å²) < 4.78 is 0. The van der Waals surface area contributed by atoms with Crippen LogP contribution in [0.4, 0.5) is 0 Å². The van der Waals surface area contributed by atoms with E-state index in [0.717, 1.165) is 25.7 Å². The molecule has 0 radical (unpaired) electrons. The van der Waals surface area contributed by atoms with E-state index in [1.165, 1.54) is 0 Å². The maximum Gasteiger partial charge on any atom is 0.133 e. The third-order valence-corrected chi connectivity index (χ3v) is 3.95. The fourth-order valence-corrected chi connectivity index (χ4v) is 2.94. The molecule has 0 amide bonds. The molecule has 0 aliphatic heterocycles. The first-order valence-electron chi connectivity index (χ1n) is 5.25. The van der Waals surface area contributed by atoms with Gasteiger partial charge >= 0.3 is 0 Å². The van der Waals surface area contributed by atoms with Gasteiger partial charge in [-0.3, -0.25) is 4.79 Å². The average molecular weight is 182 g/mol. The molecule has 0 aromatic carbocycles. The third kappa shape index (κ3) is 1.41. The van der Waals surface area contributed by atoms with Gasteiger partial charge in [-0.1, -0.05) is 13.8 Å². The van der Waals surface area contributed by atoms with Crippen molar-refractivity contribution in [2.75, 3.05) is 0 Å². The van der Waals surface area contributed by atoms with Gasteiger partial charge in [-0.15, -0.1) is 0 Å². The second-order valence-electron chi connectivity index (χ2n) is 5.13. The predicted molar refractivity (Wildman–Crippen MR) is 50.2 cm³/mol. The lowest BCUT2D eigenvalue weighted by Gasteiger charge is -2.28. The highest BCUT2D eigenvalue weighted by atomic mass is 16.3. The molecule has 0 saturated heterocycles. The number of carbonyl (C=O) groups excluding carboxylic acids is 1. The van der Waals surface area contributed by atoms with Crippen LogP contribution in [0.5, 0.6) is 0 Å². The number of carbonyl (C=O) groups is 1. The Morgan fingerprint density at radius 1 is 1.31 bits per heavy atom. The van der Waals surface area contributed by atoms with Crippen LogP contribution in [0.3, 0.4) is 0 Å². The zero-order valence-electron chi connectivity index (χ0n) is 8.42. The summed E-state index contributed by atoms with van der Waals surface area (Å²) in [5.74, 6) is 1.70. The van der Waals surface area contributed by atoms with E-state index in [0.29, 0.717) is 23.5 Å². The SMILES string of the molecule is CC(C)[C@@]1(O)C[C@H]2CC(=O)C[C@H]2C1. The van der Waals surface area contributed by atoms with Crippen molar-refractivity contribution in [3.63, 3.8) is 0 Å². The van der Waals surface area contributed by atoms with Gasteiger partial charge in [0, 0.05) is 12.8 Å². The normalized spacial score (nSPS) is 44.5. The Balaban J connectivity index is 2.08. The number of Topliss-reactive ketones (excluding diaryl/α,β-unsaturated/α-hetero) is 1. The Morgan fingerprint density at radius 3 is 2.15 bits per heavy atom. The molecular weight excluding hydrogens is 164 g/mol. The van der Waals surface area contributed by atoms with Crippen LogP contribution < -0.4 is 0 Å². The van der Waals surface area contributed by atoms with Crippen LogP contribution in [-0.2, 0) is 4.79 Å². The minimum atomic E-state index is -0.476. The summed E-state index contributed by atoms with van der Waals surface area (Å²) in [5.41, 5.74) is -0.476. The summed E-state index contributed by atoms with van der Waals surface area (Å²) in [6.45, 7) is 4.14. The molecule has 2 saturated carbocycles. The smallest absolute Gasteiger partial charge is 0.133 e. The van der Waals surface area contributed by atoms with Crippen LogP contribution in [0, 0.1) is 17.8 Å². The lowest BCUT2D eigenvalue weighted by molar-refractivity contribution is -0.118. The van der Waals surface area contributed by atoms with E-state index in [1.54, 1.807) is 0 Å². The molecule has 1 N–H and O–H groups in total. The zero-order chi connectivity index (χ0) is 9.64. The van der Waals surface area contributed by atoms with Crippen molar-refractivity contribution in [2.24, 2.45) is 17.8 Å². The van der Waals surface area contributed by atoms with E-state index in [4.69, 9.17) is 0 Å². The quantitative estimate of drug-likeness (QED) is 0.671. The van der Waals surface area contributed by atoms with E-state index < -0.39 is 5.60 Å². The number of hydrogen-bond donors (Lipinski definition) is 1. The predicted octanol–water partition coefficient (Wildman–Crippen LogP) is 1.76. The average Bonchev–Trinajstić information content (AvgIpc) is 2.42. The molecule has 0 heterocycles. The van der Waals surface area contributed by atoms with E-state index in [9.17, 15) is 9.90 Å². The number of ketones is 1. The van der Waals surface area contributed by atoms with E-state index in [2.05, 4.69) is 13.8 Å². The number of fused-ring (bicyclic) bond motifs is 1. The molecule has 13 heavy (non-hydrogen) atoms. The highest BCUT2D eigenvalue weighted by Crippen LogP contribution is 2.49. The molecule has 2 heteroatoms. The number of aliphatic hydroxyl groups is 1. The first-order chi connectivity index (χ1) is 6.01. The fraction of sp³-hybridized carbons (Fsp3) is 0.909. The first-order valence-corrected chi connectivity index (χ1v) is 5.25. The lowest BCUT2D eigenvalue weighted by atomic mass is 9.86. The maximum atomic E-state index is 11.2. The van der Waals surface area contributed by atoms with Crippen LogP contribution >= 0.6 is 0 Å². The second-order valence-corrected chi connectivity index (χ2v) is 5.13. The molecule has 2 nitrogen and oxygen atoms in total. The monoisotopic (exact) mass is 182 g/mol. The molecular formula is C11H18O2. The minimum Gasteiger partial charge on any atom is -0.390 e. The van der Waals surface area contributed by atoms with Crippen molar-refractivity contribution in [1.82, 2.24) is 0 Å². The molecule has 2 rings (SSSR count). The Kier molecular flexibility index (Phi) is 1.99. The Bertz CT molecular complexity index is 216. The van der Waals surface area contributed by atoms with Gasteiger partial charge in [-0.05, 0) is 30.6 Å². The highest BCUT2D eigenvalue weighted by molar-refractivity contribution is 5.81. The number of hydrogen-bond acceptors (Lipinski definition) is 2. The largest absolute Gasteiger partial charge is 0.390 e. The fourth-order valence-electron chi connectivity index (χ4n) is 2.94. The minimum absolute atomic E-state index is 0.327. The van der Waals surface area contributed by atoms with Gasteiger partial charge in [-0.25, -0.2) is 0 Å². The van der Waals surface area contributed by atoms with Gasteiger partial charge in [0.25, 0.3) is 0 Å². The van der Waals surface area contributed by atoms with Crippen molar-refractivity contribution in [3.05, 3.63) is 0 Å². The van der Waals surface area contributed by atoms with Gasteiger partial charge in [0.1, 0.15) is 5.78 Å². The number of rotatable bonds is 1. The molecule has 0 bridgehead atoms. The van der Waals surface area contributed by atoms with E-state index in [-0.39, 0.29) is 0 Å². The molecule has 2 aliphatic carbocycles. The summed E-state index contributed by atoms with van der Waals surface area (Å²) in [5, 5.41) is 10.2. The topological polar surface area (TPSA) is 37.3 Å². The molecule has 0 aromatic heterocycles. The highest BCUT2D eigenvalue weighted by Gasteiger charge is 2.49. The van der Waals surface area contributed by atoms with Gasteiger partial charge < -0.3 is 5.11 Å². The summed E-state index contributed by atoms with van der Waals surface area (Å²) in [4.78, 5) is 11.2. The van der Waals surface area contributed by atoms with Crippen molar-refractivity contribution in [1.29, 1.82) is 0 Å². The first kappa shape index (κ1) is 9.20. The van der Waals surface area contributed by atoms with Gasteiger partial charge in [0.15, 0.2) is 0 Å². The summed E-state index contributed by atoms with van der Waals surface area (Å²) in [7, 11) is 0. The Labute approximate surface area is 79.3 Å². The zero-order valence-corrected chi connectivity index (χ0v) is 8.42. The van der Waals surface area contributed by atoms with Crippen molar-refractivity contribution in [3.8, 4) is 0 Å². The maximum absolute atomic E-state index is 11.2. The molecule has 0 spiro atoms. The van der Waals surface area contributed by atoms with Crippen LogP contribution in [0.2, 0.25) is 0 Å². The van der Waals surface area contributed by atoms with Crippen LogP contribution in [0.1, 0.15) is 39.5 Å². The summed E-state index contributed by atoms with van der Waals surface area (Å²) >= 11 is 0. The third-order valence-electron chi connectivity index (χ3n) is 3.95. The molecule has 0 unspecified atom stereocenters. The molecule has 2 aliphatic rings. The van der Waals surface area contributed by atoms with Crippen molar-refractivity contribution in [2.45, 2.75) is 45.1 Å². The Hall–Kier alpha value is -0.370. The van der Waals surface area contributed by atoms with E-state index >= 15 is 0 Å². The molecule has 3 atom stereocenters. The second kappa shape index (κ2) is 2.81. The van der Waals surface area contributed by atoms with Crippen molar-refractivity contribution >= 4 is 5.78 Å². The molecule has 74 valence electrons. The van der Waals surface area contributed by atoms with Crippen molar-refractivity contribution < 1.29 is 9.90 Å². The lowest BCUT2D eigenvalue weighted by Crippen LogP contribution is -2.32. The summed E-state index contributed by atoms with van der Waals surface area (Å²) in [6.07, 6.45) is 3.14. The van der Waals surface area contributed by atoms with Gasteiger partial charge in [0.2, 0.25) is 0 Å². The van der Waals surface area contributed by atoms with Gasteiger partial charge in [-0.2, -0.15) is 0 Å². The van der Waals surface area contributed by atoms with Crippen LogP contribution in [0.25, 0.3) is 0 Å². The Morgan fingerprint density at radius 2 is 1.77 bits per heavy atom. The summed E-state index contributed by atoms with van der Waals surface area (Å²) in [6, 6.07) is 0. The van der Waals surface area contributed by atoms with Crippen LogP contribution in [-0.4, -0.2) is 16.5 Å². The molecule has 2 fully saturated rings. The van der Waals surface area contributed by atoms with Crippen LogP contribution in [0.15, 0.2) is 0 Å². The van der Waals surface area contributed by atoms with Gasteiger partial charge in [0.05, 0.1) is 5.60 Å². The van der Waals surface area contributed by atoms with E-state index in [1.807, 2.05) is 0 Å².